The Balaban J connectivity index is -0.0000000256. The summed E-state index contributed by atoms with van der Waals surface area (Å²) in [4.78, 5) is 1.75. The first kappa shape index (κ1) is 29.2. The van der Waals surface area contributed by atoms with Crippen LogP contribution in [-0.2, 0) is 26.2 Å². The van der Waals surface area contributed by atoms with E-state index in [1.807, 2.05) is 26.2 Å². The average molecular weight is 321 g/mol. The standard InChI is InChI=1S/C5H5.C3H8N.3ClH.Zr/c1-2-4-5-3-1;1-4(2)3;;;;/h1-3H,4H2;1H2,2-3H3;3*1H;/q2*-1;;;;+3/p-3. The zero-order valence-electron chi connectivity index (χ0n) is 7.73. The molecule has 0 saturated heterocycles. The maximum atomic E-state index is 3.47. The molecule has 0 saturated carbocycles. The van der Waals surface area contributed by atoms with Crippen LogP contribution in [0.2, 0.25) is 0 Å². The molecule has 5 heteroatoms. The molecule has 0 aliphatic heterocycles. The monoisotopic (exact) mass is 318 g/mol. The van der Waals surface area contributed by atoms with Gasteiger partial charge >= 0.3 is 26.2 Å². The number of allylic oxidation sites excluding steroid dienone is 4. The summed E-state index contributed by atoms with van der Waals surface area (Å²) in [5.74, 6) is 0. The Morgan fingerprint density at radius 3 is 1.69 bits per heavy atom. The maximum absolute atomic E-state index is 3.47. The molecule has 0 fully saturated rings. The van der Waals surface area contributed by atoms with E-state index in [0.717, 1.165) is 6.42 Å². The molecule has 0 N–H and O–H groups in total. The van der Waals surface area contributed by atoms with Crippen molar-refractivity contribution in [2.45, 2.75) is 6.42 Å². The van der Waals surface area contributed by atoms with Gasteiger partial charge in [-0.1, -0.05) is 0 Å². The molecule has 1 aliphatic carbocycles. The van der Waals surface area contributed by atoms with Crippen molar-refractivity contribution in [1.29, 1.82) is 0 Å². The van der Waals surface area contributed by atoms with Crippen molar-refractivity contribution < 1.29 is 63.4 Å². The Kier molecular flexibility index (Phi) is 52.2. The van der Waals surface area contributed by atoms with Gasteiger partial charge in [-0.05, 0) is 14.1 Å². The predicted molar refractivity (Wildman–Crippen MR) is 40.6 cm³/mol. The first-order chi connectivity index (χ1) is 4.23. The van der Waals surface area contributed by atoms with Crippen molar-refractivity contribution in [3.8, 4) is 0 Å². The Labute approximate surface area is 119 Å². The van der Waals surface area contributed by atoms with Gasteiger partial charge in [-0.3, -0.25) is 13.1 Å². The Morgan fingerprint density at radius 1 is 1.23 bits per heavy atom. The SMILES string of the molecule is [C-]1=CC=CC1.[CH2-]N(C)C.[Cl-].[Cl-].[Cl-].[Zr+3]. The van der Waals surface area contributed by atoms with E-state index in [0.29, 0.717) is 0 Å². The van der Waals surface area contributed by atoms with Gasteiger partial charge in [-0.15, -0.1) is 6.42 Å². The van der Waals surface area contributed by atoms with Gasteiger partial charge in [0.25, 0.3) is 0 Å². The molecule has 0 bridgehead atoms. The molecule has 1 rings (SSSR count). The number of halogens is 3. The van der Waals surface area contributed by atoms with E-state index in [1.54, 1.807) is 4.90 Å². The molecular formula is C8H13Cl3NZr-2. The quantitative estimate of drug-likeness (QED) is 0.401. The number of nitrogens with zero attached hydrogens (tertiary/aromatic N) is 1. The molecule has 1 nitrogen and oxygen atoms in total. The third-order valence-corrected chi connectivity index (χ3v) is 0.586. The predicted octanol–water partition coefficient (Wildman–Crippen LogP) is -7.35. The van der Waals surface area contributed by atoms with Crippen LogP contribution in [-0.4, -0.2) is 19.0 Å². The second-order valence-corrected chi connectivity index (χ2v) is 2.08. The molecule has 0 aromatic rings. The van der Waals surface area contributed by atoms with Gasteiger partial charge in [0.15, 0.2) is 0 Å². The van der Waals surface area contributed by atoms with Crippen molar-refractivity contribution in [3.63, 3.8) is 0 Å². The topological polar surface area (TPSA) is 3.24 Å². The van der Waals surface area contributed by atoms with Crippen molar-refractivity contribution in [3.05, 3.63) is 31.4 Å². The zero-order chi connectivity index (χ0) is 7.11. The van der Waals surface area contributed by atoms with Crippen molar-refractivity contribution in [2.24, 2.45) is 0 Å². The van der Waals surface area contributed by atoms with Crippen LogP contribution in [0.5, 0.6) is 0 Å². The van der Waals surface area contributed by atoms with Crippen LogP contribution in [0.15, 0.2) is 18.2 Å². The second-order valence-electron chi connectivity index (χ2n) is 2.08. The summed E-state index contributed by atoms with van der Waals surface area (Å²) in [6.07, 6.45) is 10.0. The van der Waals surface area contributed by atoms with Gasteiger partial charge in [0.2, 0.25) is 0 Å². The molecule has 0 aromatic heterocycles. The number of rotatable bonds is 0. The van der Waals surface area contributed by atoms with Crippen LogP contribution in [0.3, 0.4) is 0 Å². The molecule has 0 atom stereocenters. The van der Waals surface area contributed by atoms with Gasteiger partial charge < -0.3 is 42.1 Å². The minimum atomic E-state index is 0. The van der Waals surface area contributed by atoms with E-state index in [4.69, 9.17) is 0 Å². The summed E-state index contributed by atoms with van der Waals surface area (Å²) in [5.41, 5.74) is 0. The van der Waals surface area contributed by atoms with E-state index in [9.17, 15) is 0 Å². The fourth-order valence-corrected chi connectivity index (χ4v) is 0.340. The zero-order valence-corrected chi connectivity index (χ0v) is 12.5. The van der Waals surface area contributed by atoms with Gasteiger partial charge in [-0.2, -0.15) is 6.08 Å². The number of hydrogen-bond donors (Lipinski definition) is 0. The fraction of sp³-hybridized carbons (Fsp3) is 0.375. The molecule has 13 heavy (non-hydrogen) atoms. The van der Waals surface area contributed by atoms with Crippen LogP contribution >= 0.6 is 0 Å². The summed E-state index contributed by atoms with van der Waals surface area (Å²) in [5, 5.41) is 0. The van der Waals surface area contributed by atoms with Crippen molar-refractivity contribution in [1.82, 2.24) is 4.90 Å². The largest absolute Gasteiger partial charge is 3.00 e. The normalized spacial score (nSPS) is 9.54. The second kappa shape index (κ2) is 23.2. The Morgan fingerprint density at radius 2 is 1.62 bits per heavy atom. The third kappa shape index (κ3) is 43.1. The third-order valence-electron chi connectivity index (χ3n) is 0.586. The molecule has 77 valence electrons. The maximum Gasteiger partial charge on any atom is 3.00 e. The summed E-state index contributed by atoms with van der Waals surface area (Å²) < 4.78 is 0. The summed E-state index contributed by atoms with van der Waals surface area (Å²) in [6.45, 7) is 0. The van der Waals surface area contributed by atoms with Gasteiger partial charge in [0.1, 0.15) is 0 Å². The van der Waals surface area contributed by atoms with Crippen LogP contribution in [0.25, 0.3) is 0 Å². The molecule has 0 unspecified atom stereocenters. The van der Waals surface area contributed by atoms with Crippen LogP contribution in [0, 0.1) is 13.1 Å². The summed E-state index contributed by atoms with van der Waals surface area (Å²) >= 11 is 0. The first-order valence-electron chi connectivity index (χ1n) is 2.93. The average Bonchev–Trinajstić information content (AvgIpc) is 2.11. The summed E-state index contributed by atoms with van der Waals surface area (Å²) in [6, 6.07) is 0. The molecule has 0 aromatic carbocycles. The van der Waals surface area contributed by atoms with Crippen molar-refractivity contribution in [2.75, 3.05) is 14.1 Å². The van der Waals surface area contributed by atoms with Gasteiger partial charge in [0, 0.05) is 0 Å². The fourth-order valence-electron chi connectivity index (χ4n) is 0.340. The van der Waals surface area contributed by atoms with Gasteiger partial charge in [0.05, 0.1) is 0 Å². The van der Waals surface area contributed by atoms with E-state index < -0.39 is 0 Å². The molecule has 1 radical (unpaired) electrons. The van der Waals surface area contributed by atoms with E-state index in [2.05, 4.69) is 19.2 Å². The Bertz CT molecular complexity index is 103. The minimum Gasteiger partial charge on any atom is -1.00 e. The Hall–Kier alpha value is 1.19. The molecule has 0 amide bonds. The smallest absolute Gasteiger partial charge is 1.00 e. The van der Waals surface area contributed by atoms with E-state index in [1.165, 1.54) is 0 Å². The van der Waals surface area contributed by atoms with Crippen LogP contribution in [0.1, 0.15) is 6.42 Å². The van der Waals surface area contributed by atoms with E-state index >= 15 is 0 Å². The minimum absolute atomic E-state index is 0. The molecule has 1 aliphatic rings. The first-order valence-corrected chi connectivity index (χ1v) is 2.93. The van der Waals surface area contributed by atoms with Crippen molar-refractivity contribution >= 4 is 0 Å². The summed E-state index contributed by atoms with van der Waals surface area (Å²) in [7, 11) is 7.25. The molecular weight excluding hydrogens is 308 g/mol. The van der Waals surface area contributed by atoms with Crippen LogP contribution in [0.4, 0.5) is 0 Å². The number of hydrogen-bond acceptors (Lipinski definition) is 1. The molecule has 0 heterocycles. The van der Waals surface area contributed by atoms with Gasteiger partial charge in [-0.25, -0.2) is 12.2 Å². The van der Waals surface area contributed by atoms with Crippen LogP contribution < -0.4 is 37.2 Å². The molecule has 0 spiro atoms. The van der Waals surface area contributed by atoms with E-state index in [-0.39, 0.29) is 63.4 Å².